The first-order valence-corrected chi connectivity index (χ1v) is 12.1. The van der Waals surface area contributed by atoms with Gasteiger partial charge in [-0.3, -0.25) is 9.88 Å². The van der Waals surface area contributed by atoms with Gasteiger partial charge in [0.1, 0.15) is 11.6 Å². The van der Waals surface area contributed by atoms with Crippen LogP contribution in [0, 0.1) is 0 Å². The fraction of sp³-hybridized carbons (Fsp3) is 0.250. The summed E-state index contributed by atoms with van der Waals surface area (Å²) < 4.78 is 0. The summed E-state index contributed by atoms with van der Waals surface area (Å²) in [6.07, 6.45) is 5.71. The number of hydrogen-bond donors (Lipinski definition) is 3. The molecule has 7 heteroatoms. The summed E-state index contributed by atoms with van der Waals surface area (Å²) in [6, 6.07) is 24.0. The van der Waals surface area contributed by atoms with Gasteiger partial charge in [0.05, 0.1) is 12.2 Å². The van der Waals surface area contributed by atoms with Crippen LogP contribution in [0.4, 0.5) is 11.8 Å². The molecule has 5 rings (SSSR count). The second kappa shape index (κ2) is 11.0. The van der Waals surface area contributed by atoms with Gasteiger partial charge in [-0.2, -0.15) is 4.98 Å². The smallest absolute Gasteiger partial charge is 0.224 e. The van der Waals surface area contributed by atoms with Crippen molar-refractivity contribution in [2.75, 3.05) is 23.7 Å². The number of pyridine rings is 1. The van der Waals surface area contributed by atoms with Gasteiger partial charge in [0.25, 0.3) is 0 Å². The SMILES string of the molecule is Oc1ccc(-c2cnc(NCc3ccccn3)nc2NC2CCN(Cc3ccccc3)CC2)cc1. The molecule has 35 heavy (non-hydrogen) atoms. The molecule has 4 aromatic rings. The van der Waals surface area contributed by atoms with E-state index in [1.54, 1.807) is 18.3 Å². The average molecular weight is 467 g/mol. The minimum Gasteiger partial charge on any atom is -0.508 e. The Morgan fingerprint density at radius 2 is 1.66 bits per heavy atom. The van der Waals surface area contributed by atoms with Crippen molar-refractivity contribution in [3.05, 3.63) is 96.4 Å². The van der Waals surface area contributed by atoms with Gasteiger partial charge in [-0.05, 0) is 48.2 Å². The van der Waals surface area contributed by atoms with Crippen LogP contribution in [0.2, 0.25) is 0 Å². The summed E-state index contributed by atoms with van der Waals surface area (Å²) in [4.78, 5) is 16.2. The fourth-order valence-corrected chi connectivity index (χ4v) is 4.37. The van der Waals surface area contributed by atoms with Gasteiger partial charge >= 0.3 is 0 Å². The van der Waals surface area contributed by atoms with E-state index < -0.39 is 0 Å². The molecule has 2 aromatic carbocycles. The third kappa shape index (κ3) is 6.13. The Balaban J connectivity index is 1.29. The lowest BCUT2D eigenvalue weighted by Crippen LogP contribution is -2.38. The summed E-state index contributed by atoms with van der Waals surface area (Å²) in [5.41, 5.74) is 4.16. The number of benzene rings is 2. The van der Waals surface area contributed by atoms with Gasteiger partial charge in [-0.1, -0.05) is 48.5 Å². The molecule has 0 amide bonds. The molecular formula is C28H30N6O. The monoisotopic (exact) mass is 466 g/mol. The van der Waals surface area contributed by atoms with Crippen molar-refractivity contribution in [1.82, 2.24) is 19.9 Å². The topological polar surface area (TPSA) is 86.2 Å². The largest absolute Gasteiger partial charge is 0.508 e. The number of nitrogens with zero attached hydrogens (tertiary/aromatic N) is 4. The predicted molar refractivity (Wildman–Crippen MR) is 139 cm³/mol. The van der Waals surface area contributed by atoms with Crippen molar-refractivity contribution in [2.24, 2.45) is 0 Å². The maximum atomic E-state index is 9.72. The highest BCUT2D eigenvalue weighted by Crippen LogP contribution is 2.30. The maximum absolute atomic E-state index is 9.72. The second-order valence-electron chi connectivity index (χ2n) is 8.86. The van der Waals surface area contributed by atoms with E-state index >= 15 is 0 Å². The molecule has 0 aliphatic carbocycles. The Labute approximate surface area is 205 Å². The van der Waals surface area contributed by atoms with Crippen LogP contribution in [0.25, 0.3) is 11.1 Å². The van der Waals surface area contributed by atoms with Gasteiger partial charge in [0.2, 0.25) is 5.95 Å². The average Bonchev–Trinajstić information content (AvgIpc) is 2.91. The minimum atomic E-state index is 0.239. The van der Waals surface area contributed by atoms with Crippen molar-refractivity contribution >= 4 is 11.8 Å². The van der Waals surface area contributed by atoms with E-state index in [4.69, 9.17) is 4.98 Å². The van der Waals surface area contributed by atoms with Crippen LogP contribution in [0.15, 0.2) is 85.2 Å². The number of hydrogen-bond acceptors (Lipinski definition) is 7. The highest BCUT2D eigenvalue weighted by Gasteiger charge is 2.21. The molecule has 1 aliphatic heterocycles. The lowest BCUT2D eigenvalue weighted by Gasteiger charge is -2.33. The van der Waals surface area contributed by atoms with E-state index in [0.29, 0.717) is 18.5 Å². The van der Waals surface area contributed by atoms with Gasteiger partial charge < -0.3 is 15.7 Å². The number of likely N-dealkylation sites (tertiary alicyclic amines) is 1. The van der Waals surface area contributed by atoms with Crippen LogP contribution >= 0.6 is 0 Å². The zero-order valence-electron chi connectivity index (χ0n) is 19.6. The number of anilines is 2. The Bertz CT molecular complexity index is 1210. The molecule has 7 nitrogen and oxygen atoms in total. The summed E-state index contributed by atoms with van der Waals surface area (Å²) in [5, 5.41) is 16.7. The number of nitrogens with one attached hydrogen (secondary N) is 2. The first kappa shape index (κ1) is 22.8. The molecule has 3 heterocycles. The summed E-state index contributed by atoms with van der Waals surface area (Å²) in [5.74, 6) is 1.60. The number of phenols is 1. The lowest BCUT2D eigenvalue weighted by atomic mass is 10.0. The standard InChI is InChI=1S/C28H30N6O/c35-25-11-9-22(10-12-25)26-19-31-28(30-18-24-8-4-5-15-29-24)33-27(26)32-23-13-16-34(17-14-23)20-21-6-2-1-3-7-21/h1-12,15,19,23,35H,13-14,16-18,20H2,(H2,30,31,32,33). The van der Waals surface area contributed by atoms with Gasteiger partial charge in [0.15, 0.2) is 0 Å². The number of rotatable bonds is 8. The summed E-state index contributed by atoms with van der Waals surface area (Å²) in [7, 11) is 0. The zero-order valence-corrected chi connectivity index (χ0v) is 19.6. The third-order valence-electron chi connectivity index (χ3n) is 6.30. The van der Waals surface area contributed by atoms with Crippen molar-refractivity contribution in [3.63, 3.8) is 0 Å². The van der Waals surface area contributed by atoms with E-state index in [2.05, 4.69) is 55.8 Å². The lowest BCUT2D eigenvalue weighted by molar-refractivity contribution is 0.211. The summed E-state index contributed by atoms with van der Waals surface area (Å²) in [6.45, 7) is 3.62. The number of piperidine rings is 1. The van der Waals surface area contributed by atoms with Crippen LogP contribution in [0.1, 0.15) is 24.1 Å². The van der Waals surface area contributed by atoms with E-state index in [-0.39, 0.29) is 5.75 Å². The molecule has 0 saturated carbocycles. The van der Waals surface area contributed by atoms with Crippen molar-refractivity contribution in [1.29, 1.82) is 0 Å². The molecular weight excluding hydrogens is 436 g/mol. The third-order valence-corrected chi connectivity index (χ3v) is 6.30. The predicted octanol–water partition coefficient (Wildman–Crippen LogP) is 4.93. The summed E-state index contributed by atoms with van der Waals surface area (Å²) >= 11 is 0. The first-order chi connectivity index (χ1) is 17.2. The molecule has 1 aliphatic rings. The van der Waals surface area contributed by atoms with Crippen LogP contribution in [0.3, 0.4) is 0 Å². The Morgan fingerprint density at radius 1 is 0.886 bits per heavy atom. The van der Waals surface area contributed by atoms with E-state index in [0.717, 1.165) is 55.1 Å². The number of phenolic OH excluding ortho intramolecular Hbond substituents is 1. The first-order valence-electron chi connectivity index (χ1n) is 12.1. The fourth-order valence-electron chi connectivity index (χ4n) is 4.37. The van der Waals surface area contributed by atoms with Crippen LogP contribution in [-0.4, -0.2) is 44.1 Å². The molecule has 0 unspecified atom stereocenters. The minimum absolute atomic E-state index is 0.239. The zero-order chi connectivity index (χ0) is 23.9. The molecule has 0 atom stereocenters. The highest BCUT2D eigenvalue weighted by atomic mass is 16.3. The molecule has 0 spiro atoms. The molecule has 0 bridgehead atoms. The second-order valence-corrected chi connectivity index (χ2v) is 8.86. The Morgan fingerprint density at radius 3 is 2.40 bits per heavy atom. The van der Waals surface area contributed by atoms with Crippen LogP contribution in [-0.2, 0) is 13.1 Å². The molecule has 3 N–H and O–H groups in total. The molecule has 1 fully saturated rings. The Kier molecular flexibility index (Phi) is 7.15. The maximum Gasteiger partial charge on any atom is 0.224 e. The van der Waals surface area contributed by atoms with Crippen molar-refractivity contribution < 1.29 is 5.11 Å². The normalized spacial score (nSPS) is 14.5. The van der Waals surface area contributed by atoms with E-state index in [9.17, 15) is 5.11 Å². The van der Waals surface area contributed by atoms with Crippen LogP contribution in [0.5, 0.6) is 5.75 Å². The molecule has 2 aromatic heterocycles. The molecule has 1 saturated heterocycles. The van der Waals surface area contributed by atoms with Crippen molar-refractivity contribution in [2.45, 2.75) is 32.0 Å². The molecule has 178 valence electrons. The van der Waals surface area contributed by atoms with E-state index in [1.165, 1.54) is 5.56 Å². The quantitative estimate of drug-likeness (QED) is 0.339. The number of aromatic nitrogens is 3. The van der Waals surface area contributed by atoms with Crippen LogP contribution < -0.4 is 10.6 Å². The number of aromatic hydroxyl groups is 1. The van der Waals surface area contributed by atoms with Crippen molar-refractivity contribution in [3.8, 4) is 16.9 Å². The van der Waals surface area contributed by atoms with Gasteiger partial charge in [-0.25, -0.2) is 4.98 Å². The van der Waals surface area contributed by atoms with Gasteiger partial charge in [0, 0.05) is 43.6 Å². The van der Waals surface area contributed by atoms with Gasteiger partial charge in [-0.15, -0.1) is 0 Å². The highest BCUT2D eigenvalue weighted by molar-refractivity contribution is 5.75. The molecule has 0 radical (unpaired) electrons. The Hall–Kier alpha value is -3.97. The van der Waals surface area contributed by atoms with E-state index in [1.807, 2.05) is 36.5 Å².